The molecule has 1 N–H and O–H groups in total. The van der Waals surface area contributed by atoms with E-state index in [0.717, 1.165) is 0 Å². The van der Waals surface area contributed by atoms with Crippen LogP contribution < -0.4 is 4.74 Å². The number of nitrogens with zero attached hydrogens (tertiary/aromatic N) is 1. The van der Waals surface area contributed by atoms with Crippen LogP contribution in [0, 0.1) is 0 Å². The molecule has 4 nitrogen and oxygen atoms in total. The van der Waals surface area contributed by atoms with Gasteiger partial charge in [0.1, 0.15) is 5.75 Å². The quantitative estimate of drug-likeness (QED) is 0.941. The molecule has 110 valence electrons. The number of alkyl halides is 3. The molecule has 1 aromatic heterocycles. The first-order chi connectivity index (χ1) is 9.83. The van der Waals surface area contributed by atoms with Gasteiger partial charge in [-0.05, 0) is 29.8 Å². The molecular weight excluding hydrogens is 287 g/mol. The zero-order valence-electron chi connectivity index (χ0n) is 10.6. The van der Waals surface area contributed by atoms with Crippen LogP contribution in [0.4, 0.5) is 13.2 Å². The van der Waals surface area contributed by atoms with E-state index in [1.165, 1.54) is 42.6 Å². The molecule has 0 atom stereocenters. The summed E-state index contributed by atoms with van der Waals surface area (Å²) < 4.78 is 39.8. The summed E-state index contributed by atoms with van der Waals surface area (Å²) in [6, 6.07) is 8.12. The van der Waals surface area contributed by atoms with Gasteiger partial charge in [-0.25, -0.2) is 4.79 Å². The van der Waals surface area contributed by atoms with E-state index >= 15 is 0 Å². The number of carbonyl (C=O) groups is 1. The van der Waals surface area contributed by atoms with Crippen LogP contribution in [0.5, 0.6) is 5.75 Å². The molecule has 0 bridgehead atoms. The van der Waals surface area contributed by atoms with Crippen molar-refractivity contribution >= 4 is 5.97 Å². The minimum absolute atomic E-state index is 0.108. The Morgan fingerprint density at radius 2 is 1.86 bits per heavy atom. The van der Waals surface area contributed by atoms with Gasteiger partial charge in [-0.2, -0.15) is 0 Å². The number of hydrogen-bond donors (Lipinski definition) is 1. The van der Waals surface area contributed by atoms with E-state index in [9.17, 15) is 18.0 Å². The molecule has 0 amide bonds. The zero-order chi connectivity index (χ0) is 15.5. The Morgan fingerprint density at radius 3 is 2.43 bits per heavy atom. The Labute approximate surface area is 117 Å². The van der Waals surface area contributed by atoms with Crippen LogP contribution in [0.2, 0.25) is 0 Å². The highest BCUT2D eigenvalue weighted by Crippen LogP contribution is 2.23. The molecule has 0 spiro atoms. The number of aromatic carboxylic acids is 1. The highest BCUT2D eigenvalue weighted by atomic mass is 19.4. The number of pyridine rings is 1. The molecule has 7 heteroatoms. The highest BCUT2D eigenvalue weighted by Gasteiger charge is 2.30. The van der Waals surface area contributed by atoms with E-state index in [0.29, 0.717) is 17.7 Å². The third-order valence-corrected chi connectivity index (χ3v) is 2.61. The Hall–Kier alpha value is -2.57. The van der Waals surface area contributed by atoms with E-state index in [2.05, 4.69) is 9.72 Å². The van der Waals surface area contributed by atoms with Crippen molar-refractivity contribution in [2.75, 3.05) is 0 Å². The molecule has 0 aliphatic carbocycles. The smallest absolute Gasteiger partial charge is 0.478 e. The zero-order valence-corrected chi connectivity index (χ0v) is 10.6. The first-order valence-corrected chi connectivity index (χ1v) is 5.86. The molecule has 2 aromatic rings. The predicted molar refractivity (Wildman–Crippen MR) is 67.1 cm³/mol. The van der Waals surface area contributed by atoms with Gasteiger partial charge in [0, 0.05) is 18.3 Å². The number of hydrogen-bond acceptors (Lipinski definition) is 3. The fourth-order valence-electron chi connectivity index (χ4n) is 1.73. The lowest BCUT2D eigenvalue weighted by Crippen LogP contribution is -2.17. The second kappa shape index (κ2) is 5.82. The van der Waals surface area contributed by atoms with E-state index in [-0.39, 0.29) is 11.3 Å². The first kappa shape index (κ1) is 14.8. The Morgan fingerprint density at radius 1 is 1.19 bits per heavy atom. The van der Waals surface area contributed by atoms with E-state index < -0.39 is 12.3 Å². The number of ether oxygens (including phenoxy) is 1. The maximum atomic E-state index is 12.0. The molecule has 0 fully saturated rings. The van der Waals surface area contributed by atoms with Gasteiger partial charge >= 0.3 is 12.3 Å². The van der Waals surface area contributed by atoms with E-state index in [1.807, 2.05) is 0 Å². The Kier molecular flexibility index (Phi) is 4.11. The molecule has 2 rings (SSSR count). The molecule has 1 aromatic carbocycles. The summed E-state index contributed by atoms with van der Waals surface area (Å²) in [6.45, 7) is 0. The largest absolute Gasteiger partial charge is 0.573 e. The molecule has 0 radical (unpaired) electrons. The summed E-state index contributed by atoms with van der Waals surface area (Å²) in [5.41, 5.74) is 1.32. The van der Waals surface area contributed by atoms with Gasteiger partial charge in [0.05, 0.1) is 5.56 Å². The van der Waals surface area contributed by atoms with Crippen molar-refractivity contribution in [3.63, 3.8) is 0 Å². The van der Waals surface area contributed by atoms with Crippen molar-refractivity contribution in [3.05, 3.63) is 59.4 Å². The second-order valence-electron chi connectivity index (χ2n) is 4.21. The van der Waals surface area contributed by atoms with Crippen molar-refractivity contribution in [1.82, 2.24) is 4.98 Å². The fraction of sp³-hybridized carbons (Fsp3) is 0.143. The third kappa shape index (κ3) is 4.48. The fourth-order valence-corrected chi connectivity index (χ4v) is 1.73. The average Bonchev–Trinajstić information content (AvgIpc) is 2.40. The third-order valence-electron chi connectivity index (χ3n) is 2.61. The first-order valence-electron chi connectivity index (χ1n) is 5.86. The minimum atomic E-state index is -4.72. The van der Waals surface area contributed by atoms with Gasteiger partial charge in [-0.3, -0.25) is 4.98 Å². The van der Waals surface area contributed by atoms with Gasteiger partial charge in [-0.15, -0.1) is 13.2 Å². The van der Waals surface area contributed by atoms with Crippen LogP contribution in [-0.2, 0) is 6.42 Å². The molecule has 0 aliphatic rings. The standard InChI is InChI=1S/C14H10F3NO3/c15-14(16,17)21-12-3-1-9(2-4-12)7-11-8-10(13(19)20)5-6-18-11/h1-6,8H,7H2,(H,19,20). The summed E-state index contributed by atoms with van der Waals surface area (Å²) in [6.07, 6.45) is -3.04. The van der Waals surface area contributed by atoms with E-state index in [1.54, 1.807) is 0 Å². The van der Waals surface area contributed by atoms with Crippen molar-refractivity contribution in [3.8, 4) is 5.75 Å². The second-order valence-corrected chi connectivity index (χ2v) is 4.21. The normalized spacial score (nSPS) is 11.2. The van der Waals surface area contributed by atoms with Crippen LogP contribution in [0.15, 0.2) is 42.6 Å². The van der Waals surface area contributed by atoms with Gasteiger partial charge in [-0.1, -0.05) is 12.1 Å². The predicted octanol–water partition coefficient (Wildman–Crippen LogP) is 3.27. The number of benzene rings is 1. The summed E-state index contributed by atoms with van der Waals surface area (Å²) in [5.74, 6) is -1.37. The van der Waals surface area contributed by atoms with Gasteiger partial charge < -0.3 is 9.84 Å². The van der Waals surface area contributed by atoms with Gasteiger partial charge in [0.25, 0.3) is 0 Å². The van der Waals surface area contributed by atoms with Crippen LogP contribution in [0.3, 0.4) is 0 Å². The molecule has 1 heterocycles. The lowest BCUT2D eigenvalue weighted by Gasteiger charge is -2.09. The topological polar surface area (TPSA) is 59.4 Å². The summed E-state index contributed by atoms with van der Waals surface area (Å²) in [4.78, 5) is 14.9. The van der Waals surface area contributed by atoms with Crippen LogP contribution in [-0.4, -0.2) is 22.4 Å². The van der Waals surface area contributed by atoms with Crippen molar-refractivity contribution in [2.45, 2.75) is 12.8 Å². The summed E-state index contributed by atoms with van der Waals surface area (Å²) in [5, 5.41) is 8.87. The number of rotatable bonds is 4. The molecule has 0 saturated heterocycles. The number of carboxylic acid groups (broad SMARTS) is 1. The number of halogens is 3. The lowest BCUT2D eigenvalue weighted by molar-refractivity contribution is -0.274. The molecular formula is C14H10F3NO3. The molecule has 0 saturated carbocycles. The number of carboxylic acids is 1. The maximum Gasteiger partial charge on any atom is 0.573 e. The van der Waals surface area contributed by atoms with Gasteiger partial charge in [0.15, 0.2) is 0 Å². The number of aromatic nitrogens is 1. The molecule has 0 unspecified atom stereocenters. The summed E-state index contributed by atoms with van der Waals surface area (Å²) >= 11 is 0. The monoisotopic (exact) mass is 297 g/mol. The van der Waals surface area contributed by atoms with Crippen molar-refractivity contribution in [1.29, 1.82) is 0 Å². The van der Waals surface area contributed by atoms with Gasteiger partial charge in [0.2, 0.25) is 0 Å². The molecule has 21 heavy (non-hydrogen) atoms. The van der Waals surface area contributed by atoms with Crippen LogP contribution in [0.1, 0.15) is 21.6 Å². The van der Waals surface area contributed by atoms with Crippen molar-refractivity contribution in [2.24, 2.45) is 0 Å². The average molecular weight is 297 g/mol. The Balaban J connectivity index is 2.10. The summed E-state index contributed by atoms with van der Waals surface area (Å²) in [7, 11) is 0. The maximum absolute atomic E-state index is 12.0. The molecule has 0 aliphatic heterocycles. The Bertz CT molecular complexity index is 639. The van der Waals surface area contributed by atoms with Crippen molar-refractivity contribution < 1.29 is 27.8 Å². The van der Waals surface area contributed by atoms with Crippen LogP contribution >= 0.6 is 0 Å². The lowest BCUT2D eigenvalue weighted by atomic mass is 10.1. The SMILES string of the molecule is O=C(O)c1ccnc(Cc2ccc(OC(F)(F)F)cc2)c1. The van der Waals surface area contributed by atoms with Crippen LogP contribution in [0.25, 0.3) is 0 Å². The highest BCUT2D eigenvalue weighted by molar-refractivity contribution is 5.87. The van der Waals surface area contributed by atoms with E-state index in [4.69, 9.17) is 5.11 Å². The minimum Gasteiger partial charge on any atom is -0.478 e.